The monoisotopic (exact) mass is 420 g/mol. The molecule has 0 unspecified atom stereocenters. The van der Waals surface area contributed by atoms with Crippen LogP contribution in [0.1, 0.15) is 11.3 Å². The fourth-order valence-corrected chi connectivity index (χ4v) is 4.57. The number of thiazole rings is 1. The Kier molecular flexibility index (Phi) is 4.63. The first-order valence-electron chi connectivity index (χ1n) is 9.62. The van der Waals surface area contributed by atoms with Crippen LogP contribution in [-0.4, -0.2) is 34.8 Å². The van der Waals surface area contributed by atoms with E-state index in [0.717, 1.165) is 44.1 Å². The summed E-state index contributed by atoms with van der Waals surface area (Å²) in [5.74, 6) is 1.20. The van der Waals surface area contributed by atoms with Gasteiger partial charge in [-0.15, -0.1) is 0 Å². The first-order valence-corrected chi connectivity index (χ1v) is 10.4. The number of ether oxygens (including phenoxy) is 2. The topological polar surface area (TPSA) is 89.1 Å². The van der Waals surface area contributed by atoms with Crippen molar-refractivity contribution in [3.05, 3.63) is 53.9 Å². The molecule has 2 N–H and O–H groups in total. The number of fused-ring (bicyclic) bond motifs is 2. The number of rotatable bonds is 4. The van der Waals surface area contributed by atoms with Gasteiger partial charge >= 0.3 is 0 Å². The molecule has 4 aromatic rings. The van der Waals surface area contributed by atoms with Crippen molar-refractivity contribution < 1.29 is 14.3 Å². The van der Waals surface area contributed by atoms with Gasteiger partial charge in [-0.25, -0.2) is 4.98 Å². The number of carbonyl (C=O) groups is 1. The lowest BCUT2D eigenvalue weighted by molar-refractivity contribution is -0.121. The molecule has 0 aliphatic carbocycles. The van der Waals surface area contributed by atoms with E-state index in [1.807, 2.05) is 43.5 Å². The van der Waals surface area contributed by atoms with E-state index in [0.29, 0.717) is 18.2 Å². The number of benzene rings is 2. The molecule has 0 fully saturated rings. The van der Waals surface area contributed by atoms with Crippen LogP contribution in [0, 0.1) is 12.8 Å². The van der Waals surface area contributed by atoms with Gasteiger partial charge in [-0.05, 0) is 54.8 Å². The lowest BCUT2D eigenvalue weighted by Gasteiger charge is -2.24. The first kappa shape index (κ1) is 18.6. The van der Waals surface area contributed by atoms with Gasteiger partial charge in [0.05, 0.1) is 29.4 Å². The van der Waals surface area contributed by atoms with E-state index in [-0.39, 0.29) is 11.8 Å². The van der Waals surface area contributed by atoms with Gasteiger partial charge in [0.25, 0.3) is 0 Å². The van der Waals surface area contributed by atoms with E-state index in [2.05, 4.69) is 26.6 Å². The van der Waals surface area contributed by atoms with Crippen LogP contribution in [0.25, 0.3) is 21.3 Å². The second-order valence-electron chi connectivity index (χ2n) is 7.29. The maximum atomic E-state index is 12.8. The van der Waals surface area contributed by atoms with E-state index in [1.165, 1.54) is 11.3 Å². The fourth-order valence-electron chi connectivity index (χ4n) is 3.66. The highest BCUT2D eigenvalue weighted by Gasteiger charge is 2.27. The summed E-state index contributed by atoms with van der Waals surface area (Å²) in [6.07, 6.45) is 2.42. The van der Waals surface area contributed by atoms with E-state index in [4.69, 9.17) is 9.47 Å². The van der Waals surface area contributed by atoms with Crippen LogP contribution in [0.2, 0.25) is 0 Å². The van der Waals surface area contributed by atoms with Gasteiger partial charge in [0, 0.05) is 11.3 Å². The molecule has 5 rings (SSSR count). The molecule has 1 aliphatic heterocycles. The molecule has 3 heterocycles. The molecule has 0 spiro atoms. The van der Waals surface area contributed by atoms with E-state index in [9.17, 15) is 4.79 Å². The summed E-state index contributed by atoms with van der Waals surface area (Å²) in [5.41, 5.74) is 4.98. The second-order valence-corrected chi connectivity index (χ2v) is 8.32. The minimum atomic E-state index is -0.277. The van der Waals surface area contributed by atoms with Crippen molar-refractivity contribution in [3.63, 3.8) is 0 Å². The minimum absolute atomic E-state index is 0.0894. The third kappa shape index (κ3) is 3.39. The van der Waals surface area contributed by atoms with Gasteiger partial charge < -0.3 is 14.8 Å². The van der Waals surface area contributed by atoms with Crippen molar-refractivity contribution in [2.24, 2.45) is 5.92 Å². The summed E-state index contributed by atoms with van der Waals surface area (Å²) in [6.45, 7) is 2.34. The molecule has 2 aromatic carbocycles. The zero-order chi connectivity index (χ0) is 20.7. The number of H-pyrrole nitrogens is 1. The molecule has 1 atom stereocenters. The van der Waals surface area contributed by atoms with Crippen LogP contribution in [-0.2, 0) is 11.2 Å². The number of carbonyl (C=O) groups excluding carboxylic acids is 1. The highest BCUT2D eigenvalue weighted by molar-refractivity contribution is 7.22. The van der Waals surface area contributed by atoms with Crippen molar-refractivity contribution >= 4 is 32.6 Å². The molecule has 0 saturated heterocycles. The molecule has 8 heteroatoms. The molecule has 0 bridgehead atoms. The molecule has 0 radical (unpaired) electrons. The number of hydrogen-bond donors (Lipinski definition) is 2. The largest absolute Gasteiger partial charge is 0.497 e. The van der Waals surface area contributed by atoms with Gasteiger partial charge in [-0.3, -0.25) is 9.89 Å². The summed E-state index contributed by atoms with van der Waals surface area (Å²) in [6, 6.07) is 11.7. The van der Waals surface area contributed by atoms with Crippen LogP contribution in [0.3, 0.4) is 0 Å². The summed E-state index contributed by atoms with van der Waals surface area (Å²) in [5, 5.41) is 10.6. The van der Waals surface area contributed by atoms with E-state index in [1.54, 1.807) is 7.11 Å². The Morgan fingerprint density at radius 2 is 2.20 bits per heavy atom. The Bertz CT molecular complexity index is 1250. The quantitative estimate of drug-likeness (QED) is 0.517. The minimum Gasteiger partial charge on any atom is -0.497 e. The van der Waals surface area contributed by atoms with Gasteiger partial charge in [-0.2, -0.15) is 5.10 Å². The van der Waals surface area contributed by atoms with Gasteiger partial charge in [0.15, 0.2) is 5.13 Å². The lowest BCUT2D eigenvalue weighted by Crippen LogP contribution is -2.32. The maximum absolute atomic E-state index is 12.8. The second kappa shape index (κ2) is 7.46. The summed E-state index contributed by atoms with van der Waals surface area (Å²) >= 11 is 1.46. The Morgan fingerprint density at radius 1 is 1.30 bits per heavy atom. The van der Waals surface area contributed by atoms with Crippen LogP contribution in [0.15, 0.2) is 42.6 Å². The summed E-state index contributed by atoms with van der Waals surface area (Å²) in [4.78, 5) is 17.4. The van der Waals surface area contributed by atoms with Crippen molar-refractivity contribution in [1.29, 1.82) is 0 Å². The normalized spacial score (nSPS) is 15.5. The van der Waals surface area contributed by atoms with Gasteiger partial charge in [0.2, 0.25) is 5.91 Å². The molecule has 1 aliphatic rings. The number of hydrogen-bond acceptors (Lipinski definition) is 6. The maximum Gasteiger partial charge on any atom is 0.233 e. The third-order valence-corrected chi connectivity index (χ3v) is 6.24. The highest BCUT2D eigenvalue weighted by atomic mass is 32.1. The summed E-state index contributed by atoms with van der Waals surface area (Å²) in [7, 11) is 1.63. The Balaban J connectivity index is 1.34. The van der Waals surface area contributed by atoms with Crippen molar-refractivity contribution in [2.45, 2.75) is 13.3 Å². The number of nitrogens with zero attached hydrogens (tertiary/aromatic N) is 2. The van der Waals surface area contributed by atoms with E-state index < -0.39 is 0 Å². The predicted octanol–water partition coefficient (Wildman–Crippen LogP) is 4.19. The zero-order valence-electron chi connectivity index (χ0n) is 16.6. The molecule has 0 saturated carbocycles. The van der Waals surface area contributed by atoms with E-state index >= 15 is 0 Å². The molecule has 30 heavy (non-hydrogen) atoms. The molecule has 7 nitrogen and oxygen atoms in total. The van der Waals surface area contributed by atoms with Gasteiger partial charge in [0.1, 0.15) is 18.1 Å². The number of aromatic amines is 1. The van der Waals surface area contributed by atoms with Crippen LogP contribution >= 0.6 is 11.3 Å². The third-order valence-electron chi connectivity index (χ3n) is 5.30. The zero-order valence-corrected chi connectivity index (χ0v) is 17.4. The summed E-state index contributed by atoms with van der Waals surface area (Å²) < 4.78 is 12.1. The molecule has 1 amide bonds. The highest BCUT2D eigenvalue weighted by Crippen LogP contribution is 2.33. The Morgan fingerprint density at radius 3 is 3.00 bits per heavy atom. The first-order chi connectivity index (χ1) is 14.6. The van der Waals surface area contributed by atoms with Crippen molar-refractivity contribution in [2.75, 3.05) is 19.0 Å². The average Bonchev–Trinajstić information content (AvgIpc) is 3.37. The number of methoxy groups -OCH3 is 1. The Hall–Kier alpha value is -3.39. The number of aromatic nitrogens is 3. The van der Waals surface area contributed by atoms with Crippen molar-refractivity contribution in [3.8, 4) is 22.6 Å². The molecule has 152 valence electrons. The molecular weight excluding hydrogens is 400 g/mol. The molecule has 2 aromatic heterocycles. The van der Waals surface area contributed by atoms with Crippen molar-refractivity contribution in [1.82, 2.24) is 15.2 Å². The number of nitrogens with one attached hydrogen (secondary N) is 2. The standard InChI is InChI=1S/C22H20N4O3S/c1-12-17(10-23-26-12)13-3-5-18-20(9-13)30-22(24-18)25-21(27)15-7-14-8-16(28-2)4-6-19(14)29-11-15/h3-6,8-10,15H,7,11H2,1-2H3,(H,23,26)(H,24,25,27)/t15-/m1/s1. The van der Waals surface area contributed by atoms with Crippen LogP contribution in [0.4, 0.5) is 5.13 Å². The predicted molar refractivity (Wildman–Crippen MR) is 116 cm³/mol. The molecular formula is C22H20N4O3S. The fraction of sp³-hybridized carbons (Fsp3) is 0.227. The van der Waals surface area contributed by atoms with Gasteiger partial charge in [-0.1, -0.05) is 17.4 Å². The number of amides is 1. The SMILES string of the molecule is COc1ccc2c(c1)C[C@@H](C(=O)Nc1nc3ccc(-c4cn[nH]c4C)cc3s1)CO2. The van der Waals surface area contributed by atoms with Crippen LogP contribution in [0.5, 0.6) is 11.5 Å². The average molecular weight is 420 g/mol. The van der Waals surface area contributed by atoms with Crippen LogP contribution < -0.4 is 14.8 Å². The smallest absolute Gasteiger partial charge is 0.233 e. The lowest BCUT2D eigenvalue weighted by atomic mass is 9.96. The number of aryl methyl sites for hydroxylation is 1. The number of anilines is 1. The Labute approximate surface area is 177 Å².